The fourth-order valence-electron chi connectivity index (χ4n) is 1.55. The maximum Gasteiger partial charge on any atom is 0.416 e. The van der Waals surface area contributed by atoms with E-state index < -0.39 is 23.9 Å². The van der Waals surface area contributed by atoms with Crippen molar-refractivity contribution in [1.29, 1.82) is 0 Å². The van der Waals surface area contributed by atoms with Gasteiger partial charge in [-0.2, -0.15) is 13.2 Å². The number of benzene rings is 1. The van der Waals surface area contributed by atoms with Gasteiger partial charge in [-0.25, -0.2) is 4.79 Å². The van der Waals surface area contributed by atoms with E-state index >= 15 is 0 Å². The maximum absolute atomic E-state index is 12.5. The first-order chi connectivity index (χ1) is 9.29. The maximum atomic E-state index is 12.5. The number of halogens is 3. The van der Waals surface area contributed by atoms with Gasteiger partial charge in [-0.05, 0) is 38.0 Å². The molecular formula is C13H17F3N2O2. The number of anilines is 1. The van der Waals surface area contributed by atoms with Crippen LogP contribution in [-0.4, -0.2) is 23.8 Å². The Morgan fingerprint density at radius 1 is 1.40 bits per heavy atom. The van der Waals surface area contributed by atoms with Gasteiger partial charge in [0.1, 0.15) is 0 Å². The van der Waals surface area contributed by atoms with Crippen molar-refractivity contribution >= 4 is 11.7 Å². The van der Waals surface area contributed by atoms with Gasteiger partial charge in [0.05, 0.1) is 11.7 Å². The second kappa shape index (κ2) is 7.14. The van der Waals surface area contributed by atoms with E-state index in [1.165, 1.54) is 12.1 Å². The zero-order valence-corrected chi connectivity index (χ0v) is 11.0. The summed E-state index contributed by atoms with van der Waals surface area (Å²) in [7, 11) is 0. The molecule has 0 aliphatic rings. The lowest BCUT2D eigenvalue weighted by Gasteiger charge is -2.11. The first-order valence-corrected chi connectivity index (χ1v) is 6.19. The number of amides is 2. The Kier molecular flexibility index (Phi) is 5.82. The Bertz CT molecular complexity index is 447. The number of alkyl halides is 3. The lowest BCUT2D eigenvalue weighted by molar-refractivity contribution is -0.137. The van der Waals surface area contributed by atoms with Crippen LogP contribution in [0.3, 0.4) is 0 Å². The van der Waals surface area contributed by atoms with Crippen molar-refractivity contribution in [3.63, 3.8) is 0 Å². The second-order valence-electron chi connectivity index (χ2n) is 4.45. The molecule has 112 valence electrons. The van der Waals surface area contributed by atoms with E-state index in [9.17, 15) is 18.0 Å². The van der Waals surface area contributed by atoms with Crippen LogP contribution in [0.15, 0.2) is 24.3 Å². The third kappa shape index (κ3) is 5.92. The van der Waals surface area contributed by atoms with Crippen molar-refractivity contribution in [3.8, 4) is 0 Å². The summed E-state index contributed by atoms with van der Waals surface area (Å²) in [5.41, 5.74) is -0.739. The Hall–Kier alpha value is -1.76. The van der Waals surface area contributed by atoms with E-state index in [1.807, 2.05) is 0 Å². The van der Waals surface area contributed by atoms with Crippen LogP contribution in [0.25, 0.3) is 0 Å². The minimum atomic E-state index is -4.44. The highest BCUT2D eigenvalue weighted by Crippen LogP contribution is 2.30. The smallest absolute Gasteiger partial charge is 0.393 e. The van der Waals surface area contributed by atoms with Crippen LogP contribution >= 0.6 is 0 Å². The van der Waals surface area contributed by atoms with Crippen LogP contribution in [0.4, 0.5) is 23.7 Å². The van der Waals surface area contributed by atoms with Crippen molar-refractivity contribution in [2.75, 3.05) is 11.9 Å². The van der Waals surface area contributed by atoms with Gasteiger partial charge in [0, 0.05) is 12.2 Å². The second-order valence-corrected chi connectivity index (χ2v) is 4.45. The molecule has 0 radical (unpaired) electrons. The first-order valence-electron chi connectivity index (χ1n) is 6.19. The summed E-state index contributed by atoms with van der Waals surface area (Å²) in [6.07, 6.45) is -3.74. The third-order valence-corrected chi connectivity index (χ3v) is 2.53. The van der Waals surface area contributed by atoms with Crippen LogP contribution in [0.1, 0.15) is 25.3 Å². The summed E-state index contributed by atoms with van der Waals surface area (Å²) in [5.74, 6) is 0. The summed E-state index contributed by atoms with van der Waals surface area (Å²) < 4.78 is 37.4. The van der Waals surface area contributed by atoms with E-state index in [-0.39, 0.29) is 5.69 Å². The topological polar surface area (TPSA) is 61.4 Å². The monoisotopic (exact) mass is 290 g/mol. The highest BCUT2D eigenvalue weighted by atomic mass is 19.4. The van der Waals surface area contributed by atoms with Crippen LogP contribution in [0.2, 0.25) is 0 Å². The minimum absolute atomic E-state index is 0.0767. The molecule has 1 atom stereocenters. The summed E-state index contributed by atoms with van der Waals surface area (Å²) in [6.45, 7) is 1.98. The van der Waals surface area contributed by atoms with E-state index in [0.29, 0.717) is 19.4 Å². The molecule has 20 heavy (non-hydrogen) atoms. The van der Waals surface area contributed by atoms with Gasteiger partial charge >= 0.3 is 12.2 Å². The van der Waals surface area contributed by atoms with Gasteiger partial charge in [0.2, 0.25) is 0 Å². The van der Waals surface area contributed by atoms with Gasteiger partial charge in [-0.1, -0.05) is 6.07 Å². The highest BCUT2D eigenvalue weighted by Gasteiger charge is 2.30. The predicted octanol–water partition coefficient (Wildman–Crippen LogP) is 2.99. The molecule has 0 spiro atoms. The average Bonchev–Trinajstić information content (AvgIpc) is 2.34. The normalized spacial score (nSPS) is 12.8. The fourth-order valence-corrected chi connectivity index (χ4v) is 1.55. The number of rotatable bonds is 5. The van der Waals surface area contributed by atoms with E-state index in [4.69, 9.17) is 5.11 Å². The van der Waals surface area contributed by atoms with E-state index in [0.717, 1.165) is 12.1 Å². The molecule has 0 aliphatic carbocycles. The van der Waals surface area contributed by atoms with Crippen LogP contribution in [-0.2, 0) is 6.18 Å². The molecular weight excluding hydrogens is 273 g/mol. The summed E-state index contributed by atoms with van der Waals surface area (Å²) >= 11 is 0. The van der Waals surface area contributed by atoms with Crippen molar-refractivity contribution in [2.24, 2.45) is 0 Å². The van der Waals surface area contributed by atoms with Crippen molar-refractivity contribution in [2.45, 2.75) is 32.0 Å². The zero-order valence-electron chi connectivity index (χ0n) is 11.0. The molecule has 0 saturated carbocycles. The molecule has 0 aliphatic heterocycles. The van der Waals surface area contributed by atoms with Gasteiger partial charge < -0.3 is 15.7 Å². The summed E-state index contributed by atoms with van der Waals surface area (Å²) in [4.78, 5) is 11.5. The molecule has 0 bridgehead atoms. The number of carbonyl (C=O) groups is 1. The van der Waals surface area contributed by atoms with E-state index in [1.54, 1.807) is 6.92 Å². The lowest BCUT2D eigenvalue weighted by Crippen LogP contribution is -2.30. The Labute approximate surface area is 115 Å². The molecule has 1 aromatic rings. The first kappa shape index (κ1) is 16.3. The number of hydrogen-bond donors (Lipinski definition) is 3. The Balaban J connectivity index is 2.46. The molecule has 2 amide bonds. The number of carbonyl (C=O) groups excluding carboxylic acids is 1. The molecule has 0 saturated heterocycles. The van der Waals surface area contributed by atoms with Crippen LogP contribution in [0, 0.1) is 0 Å². The van der Waals surface area contributed by atoms with Gasteiger partial charge in [0.25, 0.3) is 0 Å². The summed E-state index contributed by atoms with van der Waals surface area (Å²) in [5, 5.41) is 13.9. The SMILES string of the molecule is CC(O)CCCNC(=O)Nc1cccc(C(F)(F)F)c1. The van der Waals surface area contributed by atoms with E-state index in [2.05, 4.69) is 10.6 Å². The third-order valence-electron chi connectivity index (χ3n) is 2.53. The zero-order chi connectivity index (χ0) is 15.2. The fraction of sp³-hybridized carbons (Fsp3) is 0.462. The quantitative estimate of drug-likeness (QED) is 0.730. The predicted molar refractivity (Wildman–Crippen MR) is 69.4 cm³/mol. The standard InChI is InChI=1S/C13H17F3N2O2/c1-9(19)4-3-7-17-12(20)18-11-6-2-5-10(8-11)13(14,15)16/h2,5-6,8-9,19H,3-4,7H2,1H3,(H2,17,18,20). The number of hydrogen-bond acceptors (Lipinski definition) is 2. The molecule has 1 unspecified atom stereocenters. The molecule has 0 heterocycles. The molecule has 7 heteroatoms. The lowest BCUT2D eigenvalue weighted by atomic mass is 10.2. The molecule has 1 aromatic carbocycles. The Morgan fingerprint density at radius 3 is 2.70 bits per heavy atom. The number of nitrogens with one attached hydrogen (secondary N) is 2. The number of aliphatic hydroxyl groups excluding tert-OH is 1. The van der Waals surface area contributed by atoms with Crippen molar-refractivity contribution in [3.05, 3.63) is 29.8 Å². The molecule has 0 fully saturated rings. The average molecular weight is 290 g/mol. The number of urea groups is 1. The Morgan fingerprint density at radius 2 is 2.10 bits per heavy atom. The largest absolute Gasteiger partial charge is 0.416 e. The van der Waals surface area contributed by atoms with Crippen LogP contribution < -0.4 is 10.6 Å². The summed E-state index contributed by atoms with van der Waals surface area (Å²) in [6, 6.07) is 3.84. The van der Waals surface area contributed by atoms with Gasteiger partial charge in [-0.15, -0.1) is 0 Å². The number of aliphatic hydroxyl groups is 1. The van der Waals surface area contributed by atoms with Crippen LogP contribution in [0.5, 0.6) is 0 Å². The molecule has 3 N–H and O–H groups in total. The molecule has 1 rings (SSSR count). The molecule has 4 nitrogen and oxygen atoms in total. The van der Waals surface area contributed by atoms with Crippen molar-refractivity contribution < 1.29 is 23.1 Å². The highest BCUT2D eigenvalue weighted by molar-refractivity contribution is 5.89. The van der Waals surface area contributed by atoms with Gasteiger partial charge in [-0.3, -0.25) is 0 Å². The van der Waals surface area contributed by atoms with Gasteiger partial charge in [0.15, 0.2) is 0 Å². The minimum Gasteiger partial charge on any atom is -0.393 e. The van der Waals surface area contributed by atoms with Crippen molar-refractivity contribution in [1.82, 2.24) is 5.32 Å². The molecule has 0 aromatic heterocycles.